The Labute approximate surface area is 121 Å². The first-order chi connectivity index (χ1) is 10.0. The molecule has 0 spiro atoms. The molecule has 21 heavy (non-hydrogen) atoms. The molecule has 0 bridgehead atoms. The molecule has 0 aliphatic carbocycles. The monoisotopic (exact) mass is 294 g/mol. The van der Waals surface area contributed by atoms with Crippen LogP contribution < -0.4 is 17.0 Å². The second-order valence-corrected chi connectivity index (χ2v) is 4.93. The lowest BCUT2D eigenvalue weighted by Crippen LogP contribution is -2.45. The van der Waals surface area contributed by atoms with Crippen LogP contribution in [0.15, 0.2) is 12.3 Å². The highest BCUT2D eigenvalue weighted by molar-refractivity contribution is 5.90. The molecule has 2 rings (SSSR count). The lowest BCUT2D eigenvalue weighted by Gasteiger charge is -2.31. The van der Waals surface area contributed by atoms with E-state index < -0.39 is 5.91 Å². The zero-order valence-electron chi connectivity index (χ0n) is 11.5. The van der Waals surface area contributed by atoms with Gasteiger partial charge in [0.2, 0.25) is 11.8 Å². The van der Waals surface area contributed by atoms with E-state index in [1.165, 1.54) is 16.9 Å². The molecule has 0 unspecified atom stereocenters. The van der Waals surface area contributed by atoms with Gasteiger partial charge in [0.25, 0.3) is 5.91 Å². The number of hydrogen-bond donors (Lipinski definition) is 3. The minimum Gasteiger partial charge on any atom is -0.364 e. The molecule has 2 heterocycles. The van der Waals surface area contributed by atoms with Crippen LogP contribution in [0.2, 0.25) is 0 Å². The number of hydrogen-bond acceptors (Lipinski definition) is 5. The molecule has 5 N–H and O–H groups in total. The highest BCUT2D eigenvalue weighted by atomic mass is 16.2. The van der Waals surface area contributed by atoms with Crippen molar-refractivity contribution in [3.8, 4) is 0 Å². The summed E-state index contributed by atoms with van der Waals surface area (Å²) >= 11 is 0. The summed E-state index contributed by atoms with van der Waals surface area (Å²) in [5.41, 5.74) is 7.36. The van der Waals surface area contributed by atoms with E-state index in [1.807, 2.05) is 0 Å². The Morgan fingerprint density at radius 2 is 2.00 bits per heavy atom. The van der Waals surface area contributed by atoms with E-state index in [0.717, 1.165) is 0 Å². The fourth-order valence-corrected chi connectivity index (χ4v) is 2.33. The van der Waals surface area contributed by atoms with Crippen molar-refractivity contribution >= 4 is 17.7 Å². The molecule has 1 fully saturated rings. The summed E-state index contributed by atoms with van der Waals surface area (Å²) in [7, 11) is 0. The summed E-state index contributed by atoms with van der Waals surface area (Å²) in [6.07, 6.45) is 2.70. The predicted octanol–water partition coefficient (Wildman–Crippen LogP) is -1.79. The summed E-state index contributed by atoms with van der Waals surface area (Å²) in [5, 5.41) is 3.91. The Bertz CT molecular complexity index is 547. The second kappa shape index (κ2) is 6.35. The van der Waals surface area contributed by atoms with Gasteiger partial charge in [0.05, 0.1) is 0 Å². The molecule has 1 aromatic rings. The molecular weight excluding hydrogens is 276 g/mol. The number of carbonyl (C=O) groups excluding carboxylic acids is 3. The van der Waals surface area contributed by atoms with E-state index in [2.05, 4.69) is 10.5 Å². The number of aromatic nitrogens is 2. The second-order valence-electron chi connectivity index (χ2n) is 4.93. The first-order valence-corrected chi connectivity index (χ1v) is 6.62. The van der Waals surface area contributed by atoms with Crippen LogP contribution >= 0.6 is 0 Å². The quantitative estimate of drug-likeness (QED) is 0.342. The van der Waals surface area contributed by atoms with Gasteiger partial charge in [-0.3, -0.25) is 24.5 Å². The number of primary amides is 1. The van der Waals surface area contributed by atoms with Gasteiger partial charge in [-0.2, -0.15) is 5.10 Å². The topological polar surface area (TPSA) is 136 Å². The fraction of sp³-hybridized carbons (Fsp3) is 0.500. The predicted molar refractivity (Wildman–Crippen MR) is 72.4 cm³/mol. The summed E-state index contributed by atoms with van der Waals surface area (Å²) in [6.45, 7) is 1.04. The van der Waals surface area contributed by atoms with Crippen LogP contribution in [0.3, 0.4) is 0 Å². The summed E-state index contributed by atoms with van der Waals surface area (Å²) in [5.74, 6) is 4.01. The largest absolute Gasteiger partial charge is 0.364 e. The van der Waals surface area contributed by atoms with Crippen LogP contribution in [0, 0.1) is 5.92 Å². The van der Waals surface area contributed by atoms with Crippen LogP contribution in [-0.2, 0) is 16.1 Å². The Morgan fingerprint density at radius 3 is 2.52 bits per heavy atom. The maximum Gasteiger partial charge on any atom is 0.269 e. The number of hydrazine groups is 1. The molecule has 1 saturated heterocycles. The maximum absolute atomic E-state index is 12.1. The van der Waals surface area contributed by atoms with Crippen molar-refractivity contribution in [2.24, 2.45) is 17.5 Å². The smallest absolute Gasteiger partial charge is 0.269 e. The zero-order valence-corrected chi connectivity index (χ0v) is 11.5. The van der Waals surface area contributed by atoms with Gasteiger partial charge in [-0.15, -0.1) is 0 Å². The van der Waals surface area contributed by atoms with Gasteiger partial charge < -0.3 is 10.6 Å². The van der Waals surface area contributed by atoms with E-state index in [-0.39, 0.29) is 30.0 Å². The molecule has 0 saturated carbocycles. The van der Waals surface area contributed by atoms with Crippen molar-refractivity contribution < 1.29 is 14.4 Å². The van der Waals surface area contributed by atoms with Gasteiger partial charge in [-0.1, -0.05) is 0 Å². The Morgan fingerprint density at radius 1 is 1.33 bits per heavy atom. The molecule has 1 aliphatic rings. The summed E-state index contributed by atoms with van der Waals surface area (Å²) < 4.78 is 1.38. The minimum atomic E-state index is -0.630. The zero-order chi connectivity index (χ0) is 15.4. The number of amides is 3. The van der Waals surface area contributed by atoms with E-state index in [4.69, 9.17) is 11.6 Å². The molecule has 0 aromatic carbocycles. The average molecular weight is 294 g/mol. The highest BCUT2D eigenvalue weighted by Gasteiger charge is 2.27. The minimum absolute atomic E-state index is 0.0427. The van der Waals surface area contributed by atoms with Crippen LogP contribution in [0.25, 0.3) is 0 Å². The van der Waals surface area contributed by atoms with Gasteiger partial charge >= 0.3 is 0 Å². The van der Waals surface area contributed by atoms with Gasteiger partial charge in [-0.05, 0) is 18.9 Å². The van der Waals surface area contributed by atoms with E-state index in [9.17, 15) is 14.4 Å². The molecule has 9 heteroatoms. The van der Waals surface area contributed by atoms with Crippen molar-refractivity contribution in [3.63, 3.8) is 0 Å². The lowest BCUT2D eigenvalue weighted by atomic mass is 9.96. The lowest BCUT2D eigenvalue weighted by molar-refractivity contribution is -0.136. The van der Waals surface area contributed by atoms with Crippen molar-refractivity contribution in [3.05, 3.63) is 18.0 Å². The fourth-order valence-electron chi connectivity index (χ4n) is 2.33. The summed E-state index contributed by atoms with van der Waals surface area (Å²) in [6, 6.07) is 1.47. The van der Waals surface area contributed by atoms with Crippen molar-refractivity contribution in [2.75, 3.05) is 13.1 Å². The molecule has 0 radical (unpaired) electrons. The highest BCUT2D eigenvalue weighted by Crippen LogP contribution is 2.17. The van der Waals surface area contributed by atoms with Crippen LogP contribution in [-0.4, -0.2) is 45.5 Å². The van der Waals surface area contributed by atoms with Crippen LogP contribution in [0.1, 0.15) is 23.3 Å². The number of rotatable bonds is 4. The number of nitrogens with one attached hydrogen (secondary N) is 1. The first kappa shape index (κ1) is 15.0. The van der Waals surface area contributed by atoms with Crippen molar-refractivity contribution in [2.45, 2.75) is 19.4 Å². The summed E-state index contributed by atoms with van der Waals surface area (Å²) in [4.78, 5) is 36.1. The average Bonchev–Trinajstić information content (AvgIpc) is 2.95. The SMILES string of the molecule is NNC(=O)C1CCN(C(=O)Cn2ccc(C(N)=O)n2)CC1. The van der Waals surface area contributed by atoms with E-state index >= 15 is 0 Å². The molecule has 1 aromatic heterocycles. The number of likely N-dealkylation sites (tertiary alicyclic amines) is 1. The number of nitrogens with two attached hydrogens (primary N) is 2. The van der Waals surface area contributed by atoms with Gasteiger partial charge in [0, 0.05) is 25.2 Å². The molecule has 1 aliphatic heterocycles. The number of carbonyl (C=O) groups is 3. The van der Waals surface area contributed by atoms with Gasteiger partial charge in [-0.25, -0.2) is 5.84 Å². The van der Waals surface area contributed by atoms with Crippen LogP contribution in [0.4, 0.5) is 0 Å². The third-order valence-corrected chi connectivity index (χ3v) is 3.55. The first-order valence-electron chi connectivity index (χ1n) is 6.62. The van der Waals surface area contributed by atoms with Gasteiger partial charge in [0.1, 0.15) is 12.2 Å². The Kier molecular flexibility index (Phi) is 4.53. The van der Waals surface area contributed by atoms with Gasteiger partial charge in [0.15, 0.2) is 0 Å². The standard InChI is InChI=1S/C12H18N6O3/c13-11(20)9-3-6-18(16-9)7-10(19)17-4-1-8(2-5-17)12(21)15-14/h3,6,8H,1-2,4-5,7,14H2,(H2,13,20)(H,15,21). The molecule has 3 amide bonds. The van der Waals surface area contributed by atoms with Crippen molar-refractivity contribution in [1.82, 2.24) is 20.1 Å². The molecule has 9 nitrogen and oxygen atoms in total. The maximum atomic E-state index is 12.1. The van der Waals surface area contributed by atoms with E-state index in [0.29, 0.717) is 25.9 Å². The third kappa shape index (κ3) is 3.57. The third-order valence-electron chi connectivity index (χ3n) is 3.55. The van der Waals surface area contributed by atoms with E-state index in [1.54, 1.807) is 4.90 Å². The Hall–Kier alpha value is -2.42. The molecular formula is C12H18N6O3. The number of nitrogens with zero attached hydrogens (tertiary/aromatic N) is 3. The Balaban J connectivity index is 1.87. The molecule has 114 valence electrons. The number of piperidine rings is 1. The van der Waals surface area contributed by atoms with Crippen LogP contribution in [0.5, 0.6) is 0 Å². The molecule has 0 atom stereocenters. The van der Waals surface area contributed by atoms with Crippen molar-refractivity contribution in [1.29, 1.82) is 0 Å². The normalized spacial score (nSPS) is 15.8.